The van der Waals surface area contributed by atoms with Gasteiger partial charge in [0.25, 0.3) is 7.52 Å². The van der Waals surface area contributed by atoms with E-state index in [1.54, 1.807) is 36.8 Å². The van der Waals surface area contributed by atoms with Crippen molar-refractivity contribution in [1.82, 2.24) is 44.1 Å². The molecule has 30 heteroatoms. The van der Waals surface area contributed by atoms with E-state index in [1.165, 1.54) is 19.0 Å². The Hall–Kier alpha value is -9.22. The van der Waals surface area contributed by atoms with Gasteiger partial charge in [0, 0.05) is 31.1 Å². The molecule has 26 nitrogen and oxygen atoms in total. The first kappa shape index (κ1) is 83.8. The zero-order chi connectivity index (χ0) is 78.1. The molecule has 0 saturated heterocycles. The zero-order valence-corrected chi connectivity index (χ0v) is 65.5. The van der Waals surface area contributed by atoms with Gasteiger partial charge in [-0.3, -0.25) is 18.7 Å². The van der Waals surface area contributed by atoms with Gasteiger partial charge in [0.15, 0.2) is 33.2 Å². The Morgan fingerprint density at radius 2 is 0.872 bits per heavy atom. The minimum atomic E-state index is -4.12. The number of aryl methyl sites for hydroxylation is 1. The molecule has 0 aliphatic carbocycles. The van der Waals surface area contributed by atoms with E-state index in [0.29, 0.717) is 53.5 Å². The van der Waals surface area contributed by atoms with Crippen LogP contribution in [0.5, 0.6) is 17.2 Å². The summed E-state index contributed by atoms with van der Waals surface area (Å²) in [5.41, 5.74) is 17.6. The van der Waals surface area contributed by atoms with Gasteiger partial charge in [0.2, 0.25) is 0 Å². The number of methoxy groups -OCH3 is 3. The maximum absolute atomic E-state index is 14.1. The summed E-state index contributed by atoms with van der Waals surface area (Å²) in [5.74, 6) is 3.45. The normalized spacial score (nSPS) is 12.9. The number of carbonyl (C=O) groups is 2. The smallest absolute Gasteiger partial charge is 0.350 e. The highest BCUT2D eigenvalue weighted by Crippen LogP contribution is 2.47. The Morgan fingerprint density at radius 1 is 0.495 bits per heavy atom. The third-order valence-electron chi connectivity index (χ3n) is 17.4. The number of imidazole rings is 2. The van der Waals surface area contributed by atoms with Crippen LogP contribution in [0.25, 0.3) is 22.3 Å². The molecule has 2 unspecified atom stereocenters. The van der Waals surface area contributed by atoms with Crippen LogP contribution in [-0.4, -0.2) is 149 Å². The van der Waals surface area contributed by atoms with Crippen LogP contribution in [0.1, 0.15) is 72.2 Å². The van der Waals surface area contributed by atoms with Gasteiger partial charge < -0.3 is 73.2 Å². The van der Waals surface area contributed by atoms with E-state index in [4.69, 9.17) is 64.0 Å². The quantitative estimate of drug-likeness (QED) is 0.0121. The van der Waals surface area contributed by atoms with Crippen LogP contribution in [0.15, 0.2) is 213 Å². The van der Waals surface area contributed by atoms with E-state index in [0.717, 1.165) is 85.3 Å². The van der Waals surface area contributed by atoms with Crippen LogP contribution < -0.4 is 30.8 Å². The van der Waals surface area contributed by atoms with Crippen molar-refractivity contribution in [3.05, 3.63) is 258 Å². The highest BCUT2D eigenvalue weighted by atomic mass is 32.2. The van der Waals surface area contributed by atoms with Crippen LogP contribution in [-0.2, 0) is 73.0 Å². The largest absolute Gasteiger partial charge is 0.497 e. The molecule has 0 bridgehead atoms. The number of aliphatic hydroxyl groups is 1. The second kappa shape index (κ2) is 39.4. The second-order valence-corrected chi connectivity index (χ2v) is 32.2. The van der Waals surface area contributed by atoms with E-state index in [9.17, 15) is 18.7 Å². The number of thioether (sulfide) groups is 2. The molecular formula is C79H93N11O15P2S2. The minimum absolute atomic E-state index is 0.0204. The number of hydrogen-bond donors (Lipinski definition) is 6. The predicted octanol–water partition coefficient (Wildman–Crippen LogP) is 12.8. The number of ether oxygens (including phenoxy) is 7. The van der Waals surface area contributed by atoms with E-state index < -0.39 is 43.5 Å². The maximum Gasteiger partial charge on any atom is 0.350 e. The van der Waals surface area contributed by atoms with Gasteiger partial charge in [-0.05, 0) is 110 Å². The number of rotatable bonds is 36. The van der Waals surface area contributed by atoms with Crippen molar-refractivity contribution in [2.75, 3.05) is 96.6 Å². The van der Waals surface area contributed by atoms with Crippen molar-refractivity contribution < 1.29 is 71.3 Å². The Bertz CT molecular complexity index is 4730. The lowest BCUT2D eigenvalue weighted by molar-refractivity contribution is -0.124. The van der Waals surface area contributed by atoms with Crippen molar-refractivity contribution in [1.29, 1.82) is 0 Å². The summed E-state index contributed by atoms with van der Waals surface area (Å²) in [7, 11) is -2.70. The third-order valence-corrected chi connectivity index (χ3v) is 22.0. The van der Waals surface area contributed by atoms with Crippen LogP contribution in [0.4, 0.5) is 11.6 Å². The van der Waals surface area contributed by atoms with Gasteiger partial charge in [0.05, 0.1) is 84.5 Å². The third kappa shape index (κ3) is 22.5. The molecule has 7 aromatic carbocycles. The highest BCUT2D eigenvalue weighted by Gasteiger charge is 2.43. The van der Waals surface area contributed by atoms with Crippen LogP contribution in [0, 0.1) is 17.8 Å². The number of nitrogens with zero attached hydrogens (tertiary/aromatic N) is 8. The van der Waals surface area contributed by atoms with Crippen LogP contribution >= 0.6 is 38.6 Å². The summed E-state index contributed by atoms with van der Waals surface area (Å²) in [6, 6.07) is 61.4. The molecule has 11 rings (SSSR count). The Morgan fingerprint density at radius 3 is 1.27 bits per heavy atom. The number of aromatic nitrogens is 8. The van der Waals surface area contributed by atoms with E-state index >= 15 is 0 Å². The number of benzene rings is 7. The first-order valence-electron chi connectivity index (χ1n) is 34.8. The lowest BCUT2D eigenvalue weighted by Crippen LogP contribution is -2.38. The molecule has 0 aliphatic rings. The Balaban J connectivity index is 0.000000220. The molecule has 8 N–H and O–H groups in total. The highest BCUT2D eigenvalue weighted by molar-refractivity contribution is 8.14. The number of aliphatic hydroxyl groups excluding tert-OH is 1. The summed E-state index contributed by atoms with van der Waals surface area (Å²) >= 11 is 2.26. The topological polar surface area (TPSA) is 354 Å². The maximum atomic E-state index is 14.1. The fraction of sp³-hybridized carbons (Fsp3) is 0.316. The molecule has 0 amide bonds. The molecule has 4 aromatic heterocycles. The lowest BCUT2D eigenvalue weighted by Gasteiger charge is -2.38. The summed E-state index contributed by atoms with van der Waals surface area (Å²) in [6.07, 6.45) is 5.08. The first-order valence-corrected chi connectivity index (χ1v) is 40.4. The average molecular weight is 1560 g/mol. The van der Waals surface area contributed by atoms with Crippen LogP contribution in [0.3, 0.4) is 0 Å². The van der Waals surface area contributed by atoms with E-state index in [1.807, 2.05) is 198 Å². The Kier molecular flexibility index (Phi) is 30.3. The molecule has 0 saturated carbocycles. The lowest BCUT2D eigenvalue weighted by atomic mass is 9.79. The van der Waals surface area contributed by atoms with Crippen molar-refractivity contribution in [2.24, 2.45) is 10.8 Å². The van der Waals surface area contributed by atoms with E-state index in [2.05, 4.69) is 59.3 Å². The summed E-state index contributed by atoms with van der Waals surface area (Å²) in [4.78, 5) is 68.4. The molecule has 4 heterocycles. The van der Waals surface area contributed by atoms with Gasteiger partial charge in [0.1, 0.15) is 64.8 Å². The fourth-order valence-corrected chi connectivity index (χ4v) is 14.9. The molecule has 2 atom stereocenters. The number of carbonyl (C=O) groups excluding carboxylic acids is 2. The SMILES string of the molecule is COc1ccc(C(OCC(C)(C)C(=O)SCCO)(c2ccccc2)c2ccc(OC)cc2)cc1.COc1ccc(C(OCC(C)(C)C(=O)SCCOP(=O)(COCCn2cnc3c(N)ncnc32)NCc2ccccc2)(c2ccccc2)c2ccc(C)cc2)cc1.Nc1ncnc2c1ncn2CCOCP(=O)(O)O. The first-order chi connectivity index (χ1) is 52.4. The average Bonchev–Trinajstić information content (AvgIpc) is 1.67. The van der Waals surface area contributed by atoms with Gasteiger partial charge in [-0.25, -0.2) is 35.0 Å². The van der Waals surface area contributed by atoms with Crippen LogP contribution in [0.2, 0.25) is 0 Å². The molecule has 11 aromatic rings. The molecule has 0 radical (unpaired) electrons. The Labute approximate surface area is 642 Å². The predicted molar refractivity (Wildman–Crippen MR) is 424 cm³/mol. The monoisotopic (exact) mass is 1560 g/mol. The second-order valence-electron chi connectivity index (χ2n) is 26.3. The fourth-order valence-electron chi connectivity index (χ4n) is 11.4. The minimum Gasteiger partial charge on any atom is -0.497 e. The standard InChI is InChI=1S/C43H49N6O6PS.C28H32O5S.C8H12N5O4P/c1-32-15-17-35(18-16-32)43(34-13-9-6-10-14-34,36-19-21-37(52-4)22-20-36)54-28-42(2,3)41(50)57-26-25-55-56(51,48-27-33-11-7-5-8-12-33)31-53-24-23-49-30-47-38-39(44)45-29-46-40(38)49;1-27(2,26(30)34-19-18-29)20-33-28(21-8-6-5-7-9-21,22-10-14-24(31-3)15-11-22)23-12-16-25(32-4)17-13-23;9-7-6-8(11-3-10-7)13(4-12-6)1-2-17-5-18(14,15)16/h5-22,29-30H,23-28,31H2,1-4H3,(H,48,51)(H2,44,45,46);5-17,29H,18-20H2,1-4H3;3-4H,1-2,5H2,(H2,9,10,11)(H2,14,15,16). The van der Waals surface area contributed by atoms with Gasteiger partial charge in [-0.15, -0.1) is 0 Å². The van der Waals surface area contributed by atoms with Crippen molar-refractivity contribution in [2.45, 2.75) is 65.5 Å². The number of fused-ring (bicyclic) bond motifs is 2. The van der Waals surface area contributed by atoms with Crippen molar-refractivity contribution >= 4 is 82.8 Å². The summed E-state index contributed by atoms with van der Waals surface area (Å²) < 4.78 is 75.0. The molecule has 0 fully saturated rings. The zero-order valence-electron chi connectivity index (χ0n) is 62.1. The van der Waals surface area contributed by atoms with Gasteiger partial charge in [-0.2, -0.15) is 0 Å². The molecule has 0 spiro atoms. The molecule has 109 heavy (non-hydrogen) atoms. The van der Waals surface area contributed by atoms with Gasteiger partial charge >= 0.3 is 7.60 Å². The number of nitrogen functional groups attached to an aromatic ring is 2. The number of nitrogens with two attached hydrogens (primary N) is 2. The van der Waals surface area contributed by atoms with Gasteiger partial charge in [-0.1, -0.05) is 181 Å². The van der Waals surface area contributed by atoms with Crippen molar-refractivity contribution in [3.63, 3.8) is 0 Å². The molecular weight excluding hydrogens is 1470 g/mol. The van der Waals surface area contributed by atoms with Crippen molar-refractivity contribution in [3.8, 4) is 17.2 Å². The molecule has 0 aliphatic heterocycles. The number of nitrogens with one attached hydrogen (secondary N) is 1. The molecule has 576 valence electrons. The number of anilines is 2. The summed E-state index contributed by atoms with van der Waals surface area (Å²) in [6.45, 7) is 11.3. The number of hydrogen-bond acceptors (Lipinski definition) is 23. The van der Waals surface area contributed by atoms with E-state index in [-0.39, 0.29) is 67.8 Å². The summed E-state index contributed by atoms with van der Waals surface area (Å²) in [5, 5.41) is 12.1.